The first-order valence-electron chi connectivity index (χ1n) is 6.78. The van der Waals surface area contributed by atoms with Gasteiger partial charge < -0.3 is 15.4 Å². The SMILES string of the molecule is CCNC(=NCCCCCOC)NC(C)CC.I. The molecule has 0 saturated heterocycles. The minimum atomic E-state index is 0. The second-order valence-electron chi connectivity index (χ2n) is 4.27. The van der Waals surface area contributed by atoms with Crippen molar-refractivity contribution in [2.24, 2.45) is 4.99 Å². The van der Waals surface area contributed by atoms with E-state index in [0.717, 1.165) is 44.9 Å². The molecule has 0 aliphatic carbocycles. The molecule has 2 N–H and O–H groups in total. The number of unbranched alkanes of at least 4 members (excludes halogenated alkanes) is 2. The Morgan fingerprint density at radius 3 is 2.50 bits per heavy atom. The van der Waals surface area contributed by atoms with Gasteiger partial charge in [-0.25, -0.2) is 0 Å². The highest BCUT2D eigenvalue weighted by Gasteiger charge is 2.01. The van der Waals surface area contributed by atoms with Crippen LogP contribution >= 0.6 is 24.0 Å². The molecule has 0 saturated carbocycles. The van der Waals surface area contributed by atoms with Crippen molar-refractivity contribution in [2.45, 2.75) is 52.5 Å². The molecule has 0 aliphatic heterocycles. The van der Waals surface area contributed by atoms with Crippen LogP contribution in [0.1, 0.15) is 46.5 Å². The third kappa shape index (κ3) is 12.4. The van der Waals surface area contributed by atoms with Crippen molar-refractivity contribution >= 4 is 29.9 Å². The molecule has 0 aromatic carbocycles. The van der Waals surface area contributed by atoms with E-state index >= 15 is 0 Å². The Labute approximate surface area is 129 Å². The number of ether oxygens (including phenoxy) is 1. The standard InChI is InChI=1S/C13H29N3O.HI/c1-5-12(3)16-13(14-6-2)15-10-8-7-9-11-17-4;/h12H,5-11H2,1-4H3,(H2,14,15,16);1H. The molecular formula is C13H30IN3O. The maximum absolute atomic E-state index is 5.01. The number of rotatable bonds is 9. The summed E-state index contributed by atoms with van der Waals surface area (Å²) in [5.74, 6) is 0.939. The van der Waals surface area contributed by atoms with E-state index in [-0.39, 0.29) is 24.0 Å². The molecule has 0 heterocycles. The number of methoxy groups -OCH3 is 1. The molecule has 1 atom stereocenters. The fourth-order valence-electron chi connectivity index (χ4n) is 1.38. The summed E-state index contributed by atoms with van der Waals surface area (Å²) in [4.78, 5) is 4.55. The van der Waals surface area contributed by atoms with Crippen molar-refractivity contribution in [1.82, 2.24) is 10.6 Å². The largest absolute Gasteiger partial charge is 0.385 e. The minimum Gasteiger partial charge on any atom is -0.385 e. The third-order valence-electron chi connectivity index (χ3n) is 2.62. The minimum absolute atomic E-state index is 0. The van der Waals surface area contributed by atoms with Gasteiger partial charge in [-0.15, -0.1) is 24.0 Å². The van der Waals surface area contributed by atoms with Gasteiger partial charge in [-0.3, -0.25) is 4.99 Å². The van der Waals surface area contributed by atoms with Crippen LogP contribution in [0.3, 0.4) is 0 Å². The predicted molar refractivity (Wildman–Crippen MR) is 90.0 cm³/mol. The summed E-state index contributed by atoms with van der Waals surface area (Å²) in [6.45, 7) is 9.08. The molecule has 4 nitrogen and oxygen atoms in total. The smallest absolute Gasteiger partial charge is 0.191 e. The van der Waals surface area contributed by atoms with Gasteiger partial charge >= 0.3 is 0 Å². The fraction of sp³-hybridized carbons (Fsp3) is 0.923. The van der Waals surface area contributed by atoms with Gasteiger partial charge in [0.05, 0.1) is 0 Å². The zero-order chi connectivity index (χ0) is 12.9. The van der Waals surface area contributed by atoms with Crippen LogP contribution in [-0.4, -0.2) is 38.8 Å². The molecule has 0 aromatic rings. The van der Waals surface area contributed by atoms with Crippen molar-refractivity contribution < 1.29 is 4.74 Å². The number of nitrogens with one attached hydrogen (secondary N) is 2. The Kier molecular flexibility index (Phi) is 16.9. The highest BCUT2D eigenvalue weighted by atomic mass is 127. The highest BCUT2D eigenvalue weighted by Crippen LogP contribution is 1.96. The summed E-state index contributed by atoms with van der Waals surface area (Å²) in [6.07, 6.45) is 4.54. The maximum Gasteiger partial charge on any atom is 0.191 e. The van der Waals surface area contributed by atoms with Gasteiger partial charge in [0.25, 0.3) is 0 Å². The lowest BCUT2D eigenvalue weighted by atomic mass is 10.2. The molecule has 0 radical (unpaired) electrons. The lowest BCUT2D eigenvalue weighted by molar-refractivity contribution is 0.192. The number of nitrogens with zero attached hydrogens (tertiary/aromatic N) is 1. The average Bonchev–Trinajstić information content (AvgIpc) is 2.33. The topological polar surface area (TPSA) is 45.7 Å². The molecule has 0 fully saturated rings. The van der Waals surface area contributed by atoms with Crippen molar-refractivity contribution in [3.63, 3.8) is 0 Å². The summed E-state index contributed by atoms with van der Waals surface area (Å²) in [7, 11) is 1.75. The van der Waals surface area contributed by atoms with Gasteiger partial charge in [-0.05, 0) is 39.5 Å². The predicted octanol–water partition coefficient (Wildman–Crippen LogP) is 2.77. The molecule has 0 aromatic heterocycles. The zero-order valence-electron chi connectivity index (χ0n) is 12.3. The third-order valence-corrected chi connectivity index (χ3v) is 2.62. The number of hydrogen-bond acceptors (Lipinski definition) is 2. The number of halogens is 1. The van der Waals surface area contributed by atoms with E-state index in [1.165, 1.54) is 6.42 Å². The summed E-state index contributed by atoms with van der Waals surface area (Å²) >= 11 is 0. The van der Waals surface area contributed by atoms with Crippen LogP contribution in [0.2, 0.25) is 0 Å². The van der Waals surface area contributed by atoms with Crippen LogP contribution in [-0.2, 0) is 4.74 Å². The summed E-state index contributed by atoms with van der Waals surface area (Å²) in [5, 5.41) is 6.65. The lowest BCUT2D eigenvalue weighted by Crippen LogP contribution is -2.42. The van der Waals surface area contributed by atoms with Crippen molar-refractivity contribution in [3.8, 4) is 0 Å². The molecule has 0 spiro atoms. The Bertz CT molecular complexity index is 201. The first-order valence-corrected chi connectivity index (χ1v) is 6.78. The number of guanidine groups is 1. The zero-order valence-corrected chi connectivity index (χ0v) is 14.6. The second-order valence-corrected chi connectivity index (χ2v) is 4.27. The normalized spacial score (nSPS) is 12.8. The van der Waals surface area contributed by atoms with Gasteiger partial charge in [0.15, 0.2) is 5.96 Å². The monoisotopic (exact) mass is 371 g/mol. The summed E-state index contributed by atoms with van der Waals surface area (Å²) < 4.78 is 5.01. The molecule has 0 amide bonds. The molecular weight excluding hydrogens is 341 g/mol. The summed E-state index contributed by atoms with van der Waals surface area (Å²) in [6, 6.07) is 0.473. The van der Waals surface area contributed by atoms with E-state index in [1.54, 1.807) is 7.11 Å². The van der Waals surface area contributed by atoms with E-state index < -0.39 is 0 Å². The van der Waals surface area contributed by atoms with Crippen LogP contribution in [0.4, 0.5) is 0 Å². The van der Waals surface area contributed by atoms with Crippen molar-refractivity contribution in [3.05, 3.63) is 0 Å². The van der Waals surface area contributed by atoms with E-state index in [0.29, 0.717) is 6.04 Å². The molecule has 0 aliphatic rings. The lowest BCUT2D eigenvalue weighted by Gasteiger charge is -2.16. The van der Waals surface area contributed by atoms with Crippen LogP contribution < -0.4 is 10.6 Å². The van der Waals surface area contributed by atoms with Crippen molar-refractivity contribution in [1.29, 1.82) is 0 Å². The quantitative estimate of drug-likeness (QED) is 0.284. The van der Waals surface area contributed by atoms with Crippen LogP contribution in [0, 0.1) is 0 Å². The number of hydrogen-bond donors (Lipinski definition) is 2. The van der Waals surface area contributed by atoms with E-state index in [1.807, 2.05) is 0 Å². The Morgan fingerprint density at radius 1 is 1.22 bits per heavy atom. The fourth-order valence-corrected chi connectivity index (χ4v) is 1.38. The van der Waals surface area contributed by atoms with Gasteiger partial charge in [0.1, 0.15) is 0 Å². The highest BCUT2D eigenvalue weighted by molar-refractivity contribution is 14.0. The van der Waals surface area contributed by atoms with Gasteiger partial charge in [-0.2, -0.15) is 0 Å². The van der Waals surface area contributed by atoms with Gasteiger partial charge in [0.2, 0.25) is 0 Å². The number of aliphatic imine (C=N–C) groups is 1. The van der Waals surface area contributed by atoms with Crippen LogP contribution in [0.5, 0.6) is 0 Å². The Balaban J connectivity index is 0. The molecule has 5 heteroatoms. The van der Waals surface area contributed by atoms with E-state index in [2.05, 4.69) is 36.4 Å². The van der Waals surface area contributed by atoms with Crippen molar-refractivity contribution in [2.75, 3.05) is 26.8 Å². The van der Waals surface area contributed by atoms with Crippen LogP contribution in [0.25, 0.3) is 0 Å². The maximum atomic E-state index is 5.01. The molecule has 0 rings (SSSR count). The first kappa shape index (κ1) is 20.3. The van der Waals surface area contributed by atoms with E-state index in [9.17, 15) is 0 Å². The van der Waals surface area contributed by atoms with Gasteiger partial charge in [-0.1, -0.05) is 6.92 Å². The average molecular weight is 371 g/mol. The molecule has 0 bridgehead atoms. The second kappa shape index (κ2) is 15.0. The van der Waals surface area contributed by atoms with Gasteiger partial charge in [0, 0.05) is 32.8 Å². The first-order chi connectivity index (χ1) is 8.24. The Morgan fingerprint density at radius 2 is 1.94 bits per heavy atom. The Hall–Kier alpha value is -0.0400. The van der Waals surface area contributed by atoms with Crippen LogP contribution in [0.15, 0.2) is 4.99 Å². The van der Waals surface area contributed by atoms with E-state index in [4.69, 9.17) is 4.74 Å². The molecule has 18 heavy (non-hydrogen) atoms. The molecule has 110 valence electrons. The molecule has 1 unspecified atom stereocenters. The summed E-state index contributed by atoms with van der Waals surface area (Å²) in [5.41, 5.74) is 0.